The smallest absolute Gasteiger partial charge is 0.255 e. The maximum absolute atomic E-state index is 12.4. The maximum Gasteiger partial charge on any atom is 0.255 e. The van der Waals surface area contributed by atoms with Gasteiger partial charge in [0.05, 0.1) is 26.3 Å². The fraction of sp³-hybridized carbons (Fsp3) is 0.278. The van der Waals surface area contributed by atoms with Gasteiger partial charge in [0.1, 0.15) is 17.1 Å². The van der Waals surface area contributed by atoms with E-state index in [0.717, 1.165) is 5.56 Å². The lowest BCUT2D eigenvalue weighted by Crippen LogP contribution is -2.38. The minimum absolute atomic E-state index is 0.0883. The normalized spacial score (nSPS) is 13.0. The number of methoxy groups -OCH3 is 2. The maximum atomic E-state index is 12.4. The summed E-state index contributed by atoms with van der Waals surface area (Å²) < 4.78 is 10.3. The first kappa shape index (κ1) is 16.8. The molecular weight excluding hydrogens is 294 g/mol. The average molecular weight is 315 g/mol. The van der Waals surface area contributed by atoms with Gasteiger partial charge >= 0.3 is 0 Å². The molecule has 1 unspecified atom stereocenters. The number of benzene rings is 2. The summed E-state index contributed by atoms with van der Waals surface area (Å²) in [5, 5.41) is 13.3. The van der Waals surface area contributed by atoms with Crippen molar-refractivity contribution in [3.8, 4) is 11.5 Å². The molecule has 5 heteroatoms. The summed E-state index contributed by atoms with van der Waals surface area (Å²) in [7, 11) is 3.04. The topological polar surface area (TPSA) is 67.8 Å². The summed E-state index contributed by atoms with van der Waals surface area (Å²) in [6.07, 6.45) is 0. The summed E-state index contributed by atoms with van der Waals surface area (Å²) in [5.41, 5.74) is -0.0319. The molecule has 0 saturated heterocycles. The monoisotopic (exact) mass is 315 g/mol. The van der Waals surface area contributed by atoms with Crippen molar-refractivity contribution in [2.24, 2.45) is 0 Å². The van der Waals surface area contributed by atoms with E-state index in [1.165, 1.54) is 7.11 Å². The first-order valence-electron chi connectivity index (χ1n) is 7.26. The van der Waals surface area contributed by atoms with Crippen molar-refractivity contribution >= 4 is 5.91 Å². The zero-order chi connectivity index (χ0) is 16.9. The standard InChI is InChI=1S/C18H21NO4/c1-18(21,13-7-5-4-6-8-13)12-19-17(20)15-10-9-14(22-2)11-16(15)23-3/h4-11,21H,12H2,1-3H3,(H,19,20). The SMILES string of the molecule is COc1ccc(C(=O)NCC(C)(O)c2ccccc2)c(OC)c1. The molecule has 0 saturated carbocycles. The van der Waals surface area contributed by atoms with Crippen LogP contribution < -0.4 is 14.8 Å². The second kappa shape index (κ2) is 7.15. The fourth-order valence-electron chi connectivity index (χ4n) is 2.23. The number of hydrogen-bond acceptors (Lipinski definition) is 4. The summed E-state index contributed by atoms with van der Waals surface area (Å²) in [5.74, 6) is 0.705. The number of aliphatic hydroxyl groups is 1. The van der Waals surface area contributed by atoms with Gasteiger partial charge in [-0.15, -0.1) is 0 Å². The van der Waals surface area contributed by atoms with Crippen molar-refractivity contribution in [1.29, 1.82) is 0 Å². The molecule has 0 aliphatic rings. The van der Waals surface area contributed by atoms with Crippen molar-refractivity contribution in [1.82, 2.24) is 5.32 Å². The highest BCUT2D eigenvalue weighted by atomic mass is 16.5. The van der Waals surface area contributed by atoms with Crippen molar-refractivity contribution in [2.45, 2.75) is 12.5 Å². The first-order valence-corrected chi connectivity index (χ1v) is 7.26. The Morgan fingerprint density at radius 3 is 2.43 bits per heavy atom. The second-order valence-electron chi connectivity index (χ2n) is 5.39. The number of ether oxygens (including phenoxy) is 2. The molecule has 2 aromatic carbocycles. The number of rotatable bonds is 6. The van der Waals surface area contributed by atoms with E-state index in [-0.39, 0.29) is 12.5 Å². The van der Waals surface area contributed by atoms with Crippen molar-refractivity contribution in [2.75, 3.05) is 20.8 Å². The van der Waals surface area contributed by atoms with Crippen LogP contribution in [0.5, 0.6) is 11.5 Å². The fourth-order valence-corrected chi connectivity index (χ4v) is 2.23. The van der Waals surface area contributed by atoms with Crippen LogP contribution in [0.1, 0.15) is 22.8 Å². The van der Waals surface area contributed by atoms with Crippen LogP contribution in [0.4, 0.5) is 0 Å². The molecule has 0 heterocycles. The van der Waals surface area contributed by atoms with Gasteiger partial charge in [-0.05, 0) is 24.6 Å². The molecule has 0 spiro atoms. The van der Waals surface area contributed by atoms with E-state index < -0.39 is 5.60 Å². The van der Waals surface area contributed by atoms with Crippen molar-refractivity contribution in [3.63, 3.8) is 0 Å². The highest BCUT2D eigenvalue weighted by Crippen LogP contribution is 2.25. The van der Waals surface area contributed by atoms with E-state index in [9.17, 15) is 9.90 Å². The Kier molecular flexibility index (Phi) is 5.24. The quantitative estimate of drug-likeness (QED) is 0.858. The van der Waals surface area contributed by atoms with Crippen molar-refractivity contribution < 1.29 is 19.4 Å². The van der Waals surface area contributed by atoms with E-state index in [1.54, 1.807) is 32.2 Å². The van der Waals surface area contributed by atoms with Crippen LogP contribution in [0, 0.1) is 0 Å². The number of carbonyl (C=O) groups excluding carboxylic acids is 1. The van der Waals surface area contributed by atoms with E-state index in [4.69, 9.17) is 9.47 Å². The summed E-state index contributed by atoms with van der Waals surface area (Å²) in [6.45, 7) is 1.75. The molecule has 2 N–H and O–H groups in total. The largest absolute Gasteiger partial charge is 0.497 e. The Morgan fingerprint density at radius 1 is 1.13 bits per heavy atom. The highest BCUT2D eigenvalue weighted by molar-refractivity contribution is 5.97. The van der Waals surface area contributed by atoms with E-state index >= 15 is 0 Å². The van der Waals surface area contributed by atoms with Gasteiger partial charge in [-0.2, -0.15) is 0 Å². The molecule has 0 bridgehead atoms. The Balaban J connectivity index is 2.11. The lowest BCUT2D eigenvalue weighted by atomic mass is 9.96. The molecule has 0 aliphatic carbocycles. The van der Waals surface area contributed by atoms with Crippen LogP contribution in [0.25, 0.3) is 0 Å². The number of nitrogens with one attached hydrogen (secondary N) is 1. The zero-order valence-corrected chi connectivity index (χ0v) is 13.5. The first-order chi connectivity index (χ1) is 11.0. The van der Waals surface area contributed by atoms with Crippen LogP contribution in [-0.2, 0) is 5.60 Å². The third kappa shape index (κ3) is 4.02. The molecule has 0 aromatic heterocycles. The molecule has 0 radical (unpaired) electrons. The van der Waals surface area contributed by atoms with E-state index in [0.29, 0.717) is 17.1 Å². The minimum Gasteiger partial charge on any atom is -0.497 e. The molecule has 2 rings (SSSR count). The summed E-state index contributed by atoms with van der Waals surface area (Å²) >= 11 is 0. The van der Waals surface area contributed by atoms with Crippen molar-refractivity contribution in [3.05, 3.63) is 59.7 Å². The van der Waals surface area contributed by atoms with Gasteiger partial charge in [0.2, 0.25) is 0 Å². The van der Waals surface area contributed by atoms with Gasteiger partial charge < -0.3 is 19.9 Å². The molecule has 1 atom stereocenters. The van der Waals surface area contributed by atoms with Crippen LogP contribution in [0.3, 0.4) is 0 Å². The lowest BCUT2D eigenvalue weighted by Gasteiger charge is -2.24. The van der Waals surface area contributed by atoms with Crippen LogP contribution in [0.2, 0.25) is 0 Å². The molecule has 23 heavy (non-hydrogen) atoms. The molecule has 5 nitrogen and oxygen atoms in total. The van der Waals surface area contributed by atoms with Gasteiger partial charge in [-0.25, -0.2) is 0 Å². The van der Waals surface area contributed by atoms with Gasteiger partial charge in [-0.3, -0.25) is 4.79 Å². The molecular formula is C18H21NO4. The Hall–Kier alpha value is -2.53. The summed E-state index contributed by atoms with van der Waals surface area (Å²) in [4.78, 5) is 12.4. The van der Waals surface area contributed by atoms with Crippen LogP contribution in [-0.4, -0.2) is 31.8 Å². The summed E-state index contributed by atoms with van der Waals surface area (Å²) in [6, 6.07) is 14.2. The molecule has 0 fully saturated rings. The van der Waals surface area contributed by atoms with E-state index in [1.807, 2.05) is 30.3 Å². The average Bonchev–Trinajstić information content (AvgIpc) is 2.59. The Morgan fingerprint density at radius 2 is 1.83 bits per heavy atom. The van der Waals surface area contributed by atoms with Gasteiger partial charge in [0.15, 0.2) is 0 Å². The molecule has 0 aliphatic heterocycles. The lowest BCUT2D eigenvalue weighted by molar-refractivity contribution is 0.0525. The molecule has 122 valence electrons. The third-order valence-electron chi connectivity index (χ3n) is 3.64. The Labute approximate surface area is 135 Å². The van der Waals surface area contributed by atoms with E-state index in [2.05, 4.69) is 5.32 Å². The number of amides is 1. The Bertz CT molecular complexity index is 668. The van der Waals surface area contributed by atoms with Crippen LogP contribution in [0.15, 0.2) is 48.5 Å². The minimum atomic E-state index is -1.16. The predicted octanol–water partition coefficient (Wildman–Crippen LogP) is 2.34. The van der Waals surface area contributed by atoms with Gasteiger partial charge in [0.25, 0.3) is 5.91 Å². The molecule has 2 aromatic rings. The number of hydrogen-bond donors (Lipinski definition) is 2. The zero-order valence-electron chi connectivity index (χ0n) is 13.5. The highest BCUT2D eigenvalue weighted by Gasteiger charge is 2.24. The number of carbonyl (C=O) groups is 1. The second-order valence-corrected chi connectivity index (χ2v) is 5.39. The van der Waals surface area contributed by atoms with Gasteiger partial charge in [-0.1, -0.05) is 30.3 Å². The predicted molar refractivity (Wildman–Crippen MR) is 87.9 cm³/mol. The van der Waals surface area contributed by atoms with Crippen LogP contribution >= 0.6 is 0 Å². The van der Waals surface area contributed by atoms with Gasteiger partial charge in [0, 0.05) is 6.07 Å². The third-order valence-corrected chi connectivity index (χ3v) is 3.64. The molecule has 1 amide bonds.